The van der Waals surface area contributed by atoms with Crippen LogP contribution in [-0.4, -0.2) is 68.9 Å². The van der Waals surface area contributed by atoms with E-state index in [0.717, 1.165) is 0 Å². The van der Waals surface area contributed by atoms with Gasteiger partial charge in [0.05, 0.1) is 0 Å². The summed E-state index contributed by atoms with van der Waals surface area (Å²) in [6.07, 6.45) is 0. The van der Waals surface area contributed by atoms with Gasteiger partial charge in [0.15, 0.2) is 0 Å². The van der Waals surface area contributed by atoms with Gasteiger partial charge in [-0.1, -0.05) is 0 Å². The maximum atomic E-state index is 8.74. The van der Waals surface area contributed by atoms with E-state index in [1.807, 2.05) is 0 Å². The zero-order valence-electron chi connectivity index (χ0n) is 2.94. The molecule has 8 heteroatoms. The molecular formula is H3Cr2KO4S. The second-order valence-corrected chi connectivity index (χ2v) is 1.34. The summed E-state index contributed by atoms with van der Waals surface area (Å²) in [5, 5.41) is 0. The van der Waals surface area contributed by atoms with Crippen LogP contribution in [0.4, 0.5) is 0 Å². The van der Waals surface area contributed by atoms with E-state index in [-0.39, 0.29) is 86.1 Å². The Hall–Kier alpha value is 2.57. The van der Waals surface area contributed by atoms with Crippen LogP contribution in [-0.2, 0) is 45.1 Å². The van der Waals surface area contributed by atoms with Crippen molar-refractivity contribution in [1.82, 2.24) is 0 Å². The van der Waals surface area contributed by atoms with Gasteiger partial charge in [-0.3, -0.25) is 9.11 Å². The Morgan fingerprint density at radius 1 is 1.00 bits per heavy atom. The van der Waals surface area contributed by atoms with Crippen LogP contribution in [0.3, 0.4) is 0 Å². The van der Waals surface area contributed by atoms with Crippen LogP contribution < -0.4 is 0 Å². The predicted molar refractivity (Wildman–Crippen MR) is 21.3 cm³/mol. The molecule has 0 aromatic heterocycles. The Bertz CT molecular complexity index is 97.2. The van der Waals surface area contributed by atoms with Gasteiger partial charge < -0.3 is 0 Å². The summed E-state index contributed by atoms with van der Waals surface area (Å²) in [5.41, 5.74) is 0. The van der Waals surface area contributed by atoms with E-state index >= 15 is 0 Å². The van der Waals surface area contributed by atoms with E-state index in [2.05, 4.69) is 0 Å². The van der Waals surface area contributed by atoms with Gasteiger partial charge in [-0.25, -0.2) is 0 Å². The first kappa shape index (κ1) is 22.4. The minimum absolute atomic E-state index is 0. The van der Waals surface area contributed by atoms with Crippen LogP contribution in [0.1, 0.15) is 0 Å². The van der Waals surface area contributed by atoms with Crippen molar-refractivity contribution < 1.29 is 52.2 Å². The van der Waals surface area contributed by atoms with E-state index in [1.165, 1.54) is 0 Å². The molecule has 46 valence electrons. The molecule has 8 heavy (non-hydrogen) atoms. The van der Waals surface area contributed by atoms with Crippen molar-refractivity contribution >= 4 is 61.8 Å². The number of hydrogen-bond donors (Lipinski definition) is 2. The van der Waals surface area contributed by atoms with Crippen LogP contribution >= 0.6 is 0 Å². The Morgan fingerprint density at radius 2 is 1.00 bits per heavy atom. The molecule has 2 N–H and O–H groups in total. The van der Waals surface area contributed by atoms with Crippen molar-refractivity contribution in [3.05, 3.63) is 0 Å². The fourth-order valence-electron chi connectivity index (χ4n) is 0. The van der Waals surface area contributed by atoms with Crippen LogP contribution in [0.2, 0.25) is 0 Å². The molecule has 0 spiro atoms. The molecule has 0 aromatic rings. The van der Waals surface area contributed by atoms with Gasteiger partial charge in [0.25, 0.3) is 0 Å². The first-order valence-corrected chi connectivity index (χ1v) is 2.10. The Labute approximate surface area is 112 Å². The van der Waals surface area contributed by atoms with Crippen LogP contribution in [0.25, 0.3) is 0 Å². The van der Waals surface area contributed by atoms with Gasteiger partial charge in [0.1, 0.15) is 0 Å². The van der Waals surface area contributed by atoms with Gasteiger partial charge >= 0.3 is 61.8 Å². The fourth-order valence-corrected chi connectivity index (χ4v) is 0. The third-order valence-corrected chi connectivity index (χ3v) is 0. The normalized spacial score (nSPS) is 7.25. The quantitative estimate of drug-likeness (QED) is 0.409. The topological polar surface area (TPSA) is 74.6 Å². The van der Waals surface area contributed by atoms with Gasteiger partial charge in [-0.15, -0.1) is 0 Å². The summed E-state index contributed by atoms with van der Waals surface area (Å²) >= 11 is 0. The molecule has 0 amide bonds. The van der Waals surface area contributed by atoms with Crippen LogP contribution in [0, 0.1) is 0 Å². The molecule has 4 nitrogen and oxygen atoms in total. The summed E-state index contributed by atoms with van der Waals surface area (Å²) in [7, 11) is -4.67. The molecule has 0 radical (unpaired) electrons. The molecule has 0 bridgehead atoms. The monoisotopic (exact) mass is 242 g/mol. The minimum atomic E-state index is -4.67. The Balaban J connectivity index is -0.0000000267. The molecular weight excluding hydrogens is 239 g/mol. The summed E-state index contributed by atoms with van der Waals surface area (Å²) in [6, 6.07) is 0. The van der Waals surface area contributed by atoms with Crippen molar-refractivity contribution in [2.24, 2.45) is 0 Å². The van der Waals surface area contributed by atoms with E-state index < -0.39 is 10.4 Å². The van der Waals surface area contributed by atoms with Crippen molar-refractivity contribution in [3.63, 3.8) is 0 Å². The molecule has 0 aliphatic heterocycles. The van der Waals surface area contributed by atoms with Crippen molar-refractivity contribution in [3.8, 4) is 0 Å². The van der Waals surface area contributed by atoms with Crippen molar-refractivity contribution in [2.75, 3.05) is 0 Å². The van der Waals surface area contributed by atoms with Crippen LogP contribution in [0.5, 0.6) is 0 Å². The molecule has 0 rings (SSSR count). The molecule has 0 fully saturated rings. The second-order valence-electron chi connectivity index (χ2n) is 0.448. The first-order valence-electron chi connectivity index (χ1n) is 0.698. The second kappa shape index (κ2) is 9.57. The third kappa shape index (κ3) is 74.3. The third-order valence-electron chi connectivity index (χ3n) is 0. The molecule has 0 unspecified atom stereocenters. The molecule has 0 atom stereocenters. The average Bonchev–Trinajstić information content (AvgIpc) is 0.722. The fraction of sp³-hybridized carbons (Fsp3) is 0. The zero-order chi connectivity index (χ0) is 4.50. The van der Waals surface area contributed by atoms with E-state index in [9.17, 15) is 0 Å². The summed E-state index contributed by atoms with van der Waals surface area (Å²) in [4.78, 5) is 0. The first-order chi connectivity index (χ1) is 2.00. The van der Waals surface area contributed by atoms with Gasteiger partial charge in [0, 0.05) is 34.7 Å². The summed E-state index contributed by atoms with van der Waals surface area (Å²) in [5.74, 6) is 0. The molecule has 0 aromatic carbocycles. The van der Waals surface area contributed by atoms with Crippen LogP contribution in [0.15, 0.2) is 0 Å². The summed E-state index contributed by atoms with van der Waals surface area (Å²) in [6.45, 7) is 0. The number of hydrogen-bond acceptors (Lipinski definition) is 2. The van der Waals surface area contributed by atoms with Gasteiger partial charge in [0.2, 0.25) is 0 Å². The van der Waals surface area contributed by atoms with E-state index in [0.29, 0.717) is 0 Å². The zero-order valence-corrected chi connectivity index (χ0v) is 6.30. The molecule has 0 saturated heterocycles. The number of rotatable bonds is 0. The maximum absolute atomic E-state index is 8.74. The Morgan fingerprint density at radius 3 is 1.00 bits per heavy atom. The molecule has 0 aliphatic carbocycles. The molecule has 0 heterocycles. The van der Waals surface area contributed by atoms with Crippen molar-refractivity contribution in [2.45, 2.75) is 0 Å². The SMILES string of the molecule is O=S(=O)(O)O.[Cr].[Cr].[KH]. The van der Waals surface area contributed by atoms with E-state index in [4.69, 9.17) is 17.5 Å². The molecule has 0 aliphatic rings. The van der Waals surface area contributed by atoms with Crippen molar-refractivity contribution in [1.29, 1.82) is 0 Å². The standard InChI is InChI=1S/2Cr.K.H2O4S.H/c;;;1-5(2,3)4;/h;;;(H2,1,2,3,4);. The Kier molecular flexibility index (Phi) is 26.8. The predicted octanol–water partition coefficient (Wildman–Crippen LogP) is -1.31. The average molecular weight is 242 g/mol. The molecule has 0 saturated carbocycles. The van der Waals surface area contributed by atoms with Gasteiger partial charge in [-0.2, -0.15) is 8.42 Å². The van der Waals surface area contributed by atoms with E-state index in [1.54, 1.807) is 0 Å². The summed E-state index contributed by atoms with van der Waals surface area (Å²) < 4.78 is 31.6. The van der Waals surface area contributed by atoms with Gasteiger partial charge in [-0.05, 0) is 0 Å².